The maximum absolute atomic E-state index is 3.47. The van der Waals surface area contributed by atoms with Crippen LogP contribution in [0.25, 0.3) is 0 Å². The Morgan fingerprint density at radius 3 is 2.88 bits per heavy atom. The van der Waals surface area contributed by atoms with Crippen molar-refractivity contribution in [2.24, 2.45) is 0 Å². The molecule has 3 heteroatoms. The molecule has 0 radical (unpaired) electrons. The molecule has 0 spiro atoms. The lowest BCUT2D eigenvalue weighted by atomic mass is 10.2. The van der Waals surface area contributed by atoms with Crippen molar-refractivity contribution >= 4 is 33.0 Å². The number of aryl methyl sites for hydroxylation is 1. The van der Waals surface area contributed by atoms with E-state index in [1.54, 1.807) is 11.3 Å². The molecule has 1 N–H and O–H groups in total. The minimum absolute atomic E-state index is 0.985. The summed E-state index contributed by atoms with van der Waals surface area (Å²) in [5.74, 6) is 0. The summed E-state index contributed by atoms with van der Waals surface area (Å²) in [5.41, 5.74) is 3.91. The summed E-state index contributed by atoms with van der Waals surface area (Å²) in [6.45, 7) is 3.11. The predicted molar refractivity (Wildman–Crippen MR) is 75.4 cm³/mol. The highest BCUT2D eigenvalue weighted by atomic mass is 79.9. The maximum Gasteiger partial charge on any atom is 0.0370 e. The van der Waals surface area contributed by atoms with Gasteiger partial charge in [0.15, 0.2) is 0 Å². The second-order valence-electron chi connectivity index (χ2n) is 3.77. The predicted octanol–water partition coefficient (Wildman–Crippen LogP) is 4.47. The minimum Gasteiger partial charge on any atom is -0.384 e. The maximum atomic E-state index is 3.47. The first-order valence-corrected chi connectivity index (χ1v) is 7.00. The first-order chi connectivity index (χ1) is 7.75. The SMILES string of the molecule is Cc1cc(Br)ccc1NCCc1ccsc1. The van der Waals surface area contributed by atoms with Crippen LogP contribution in [0.15, 0.2) is 39.5 Å². The van der Waals surface area contributed by atoms with Crippen LogP contribution in [0.4, 0.5) is 5.69 Å². The van der Waals surface area contributed by atoms with Crippen molar-refractivity contribution < 1.29 is 0 Å². The van der Waals surface area contributed by atoms with Crippen molar-refractivity contribution in [1.82, 2.24) is 0 Å². The highest BCUT2D eigenvalue weighted by Gasteiger charge is 1.98. The summed E-state index contributed by atoms with van der Waals surface area (Å²) < 4.78 is 1.13. The zero-order valence-corrected chi connectivity index (χ0v) is 11.6. The Morgan fingerprint density at radius 2 is 2.19 bits per heavy atom. The number of rotatable bonds is 4. The van der Waals surface area contributed by atoms with Gasteiger partial charge in [0.2, 0.25) is 0 Å². The monoisotopic (exact) mass is 295 g/mol. The number of hydrogen-bond donors (Lipinski definition) is 1. The van der Waals surface area contributed by atoms with Crippen LogP contribution >= 0.6 is 27.3 Å². The van der Waals surface area contributed by atoms with Crippen LogP contribution < -0.4 is 5.32 Å². The highest BCUT2D eigenvalue weighted by Crippen LogP contribution is 2.20. The quantitative estimate of drug-likeness (QED) is 0.877. The van der Waals surface area contributed by atoms with Crippen LogP contribution in [0, 0.1) is 6.92 Å². The van der Waals surface area contributed by atoms with Crippen LogP contribution in [0.1, 0.15) is 11.1 Å². The average Bonchev–Trinajstić information content (AvgIpc) is 2.74. The van der Waals surface area contributed by atoms with Crippen molar-refractivity contribution in [3.8, 4) is 0 Å². The van der Waals surface area contributed by atoms with E-state index in [2.05, 4.69) is 63.2 Å². The Morgan fingerprint density at radius 1 is 1.31 bits per heavy atom. The molecule has 1 nitrogen and oxygen atoms in total. The number of nitrogens with one attached hydrogen (secondary N) is 1. The second kappa shape index (κ2) is 5.51. The van der Waals surface area contributed by atoms with E-state index in [0.29, 0.717) is 0 Å². The number of thiophene rings is 1. The van der Waals surface area contributed by atoms with Crippen LogP contribution in [-0.2, 0) is 6.42 Å². The van der Waals surface area contributed by atoms with Gasteiger partial charge >= 0.3 is 0 Å². The molecule has 0 fully saturated rings. The van der Waals surface area contributed by atoms with Gasteiger partial charge in [0.1, 0.15) is 0 Å². The molecular formula is C13H14BrNS. The molecule has 0 amide bonds. The molecule has 2 aromatic rings. The van der Waals surface area contributed by atoms with E-state index in [0.717, 1.165) is 17.4 Å². The average molecular weight is 296 g/mol. The molecule has 84 valence electrons. The van der Waals surface area contributed by atoms with Gasteiger partial charge in [-0.3, -0.25) is 0 Å². The standard InChI is InChI=1S/C13H14BrNS/c1-10-8-12(14)2-3-13(10)15-6-4-11-5-7-16-9-11/h2-3,5,7-9,15H,4,6H2,1H3. The molecule has 1 aromatic carbocycles. The first-order valence-electron chi connectivity index (χ1n) is 5.27. The Balaban J connectivity index is 1.90. The Kier molecular flexibility index (Phi) is 4.02. The lowest BCUT2D eigenvalue weighted by molar-refractivity contribution is 1.02. The zero-order valence-electron chi connectivity index (χ0n) is 9.16. The summed E-state index contributed by atoms with van der Waals surface area (Å²) in [4.78, 5) is 0. The van der Waals surface area contributed by atoms with E-state index in [-0.39, 0.29) is 0 Å². The number of anilines is 1. The van der Waals surface area contributed by atoms with Crippen LogP contribution in [0.2, 0.25) is 0 Å². The molecule has 0 unspecified atom stereocenters. The molecule has 1 heterocycles. The molecule has 0 aliphatic carbocycles. The molecule has 0 atom stereocenters. The molecule has 0 aliphatic rings. The van der Waals surface area contributed by atoms with E-state index in [9.17, 15) is 0 Å². The number of hydrogen-bond acceptors (Lipinski definition) is 2. The number of benzene rings is 1. The fourth-order valence-corrected chi connectivity index (χ4v) is 2.78. The van der Waals surface area contributed by atoms with E-state index in [4.69, 9.17) is 0 Å². The molecule has 0 aliphatic heterocycles. The van der Waals surface area contributed by atoms with Gasteiger partial charge in [0.25, 0.3) is 0 Å². The Hall–Kier alpha value is -0.800. The molecule has 0 saturated heterocycles. The van der Waals surface area contributed by atoms with Gasteiger partial charge in [-0.15, -0.1) is 0 Å². The van der Waals surface area contributed by atoms with Crippen molar-refractivity contribution in [3.63, 3.8) is 0 Å². The summed E-state index contributed by atoms with van der Waals surface area (Å²) in [6.07, 6.45) is 1.08. The molecular weight excluding hydrogens is 282 g/mol. The van der Waals surface area contributed by atoms with Gasteiger partial charge in [-0.1, -0.05) is 15.9 Å². The van der Waals surface area contributed by atoms with Crippen LogP contribution in [0.3, 0.4) is 0 Å². The third-order valence-electron chi connectivity index (χ3n) is 2.50. The Bertz CT molecular complexity index is 451. The van der Waals surface area contributed by atoms with Gasteiger partial charge in [0, 0.05) is 16.7 Å². The summed E-state index contributed by atoms with van der Waals surface area (Å²) in [7, 11) is 0. The smallest absolute Gasteiger partial charge is 0.0370 e. The second-order valence-corrected chi connectivity index (χ2v) is 5.46. The minimum atomic E-state index is 0.985. The van der Waals surface area contributed by atoms with Crippen molar-refractivity contribution in [1.29, 1.82) is 0 Å². The van der Waals surface area contributed by atoms with Gasteiger partial charge < -0.3 is 5.32 Å². The normalized spacial score (nSPS) is 10.4. The Labute approximate surface area is 109 Å². The van der Waals surface area contributed by atoms with Gasteiger partial charge in [0.05, 0.1) is 0 Å². The molecule has 2 rings (SSSR count). The summed E-state index contributed by atoms with van der Waals surface area (Å²) >= 11 is 5.23. The molecule has 0 saturated carbocycles. The summed E-state index contributed by atoms with van der Waals surface area (Å²) in [6, 6.07) is 8.50. The van der Waals surface area contributed by atoms with Crippen LogP contribution in [-0.4, -0.2) is 6.54 Å². The fraction of sp³-hybridized carbons (Fsp3) is 0.231. The largest absolute Gasteiger partial charge is 0.384 e. The topological polar surface area (TPSA) is 12.0 Å². The van der Waals surface area contributed by atoms with Crippen molar-refractivity contribution in [2.45, 2.75) is 13.3 Å². The third-order valence-corrected chi connectivity index (χ3v) is 3.72. The number of halogens is 1. The van der Waals surface area contributed by atoms with Crippen LogP contribution in [0.5, 0.6) is 0 Å². The molecule has 1 aromatic heterocycles. The molecule has 0 bridgehead atoms. The fourth-order valence-electron chi connectivity index (χ4n) is 1.60. The van der Waals surface area contributed by atoms with E-state index < -0.39 is 0 Å². The van der Waals surface area contributed by atoms with Gasteiger partial charge in [-0.25, -0.2) is 0 Å². The van der Waals surface area contributed by atoms with E-state index in [1.165, 1.54) is 16.8 Å². The van der Waals surface area contributed by atoms with Crippen molar-refractivity contribution in [2.75, 3.05) is 11.9 Å². The van der Waals surface area contributed by atoms with E-state index >= 15 is 0 Å². The lowest BCUT2D eigenvalue weighted by Crippen LogP contribution is -2.05. The van der Waals surface area contributed by atoms with E-state index in [1.807, 2.05) is 0 Å². The lowest BCUT2D eigenvalue weighted by Gasteiger charge is -2.09. The zero-order chi connectivity index (χ0) is 11.4. The highest BCUT2D eigenvalue weighted by molar-refractivity contribution is 9.10. The van der Waals surface area contributed by atoms with Crippen molar-refractivity contribution in [3.05, 3.63) is 50.6 Å². The van der Waals surface area contributed by atoms with Gasteiger partial charge in [-0.2, -0.15) is 11.3 Å². The summed E-state index contributed by atoms with van der Waals surface area (Å²) in [5, 5.41) is 7.79. The molecule has 16 heavy (non-hydrogen) atoms. The third kappa shape index (κ3) is 3.09. The first kappa shape index (κ1) is 11.7. The van der Waals surface area contributed by atoms with Gasteiger partial charge in [-0.05, 0) is 59.5 Å².